The fourth-order valence-electron chi connectivity index (χ4n) is 1.58. The van der Waals surface area contributed by atoms with Gasteiger partial charge in [-0.15, -0.1) is 0 Å². The highest BCUT2D eigenvalue weighted by Gasteiger charge is 2.41. The predicted molar refractivity (Wildman–Crippen MR) is 51.9 cm³/mol. The number of fused-ring (bicyclic) bond motifs is 1. The van der Waals surface area contributed by atoms with Gasteiger partial charge < -0.3 is 4.74 Å². The van der Waals surface area contributed by atoms with Crippen LogP contribution in [0.15, 0.2) is 24.4 Å². The molecular formula is C10H9F3N2O. The van der Waals surface area contributed by atoms with Gasteiger partial charge in [-0.3, -0.25) is 5.10 Å². The number of halogens is 3. The molecule has 0 bridgehead atoms. The SMILES string of the molecule is COC(c1ccc2cn[nH]c2c1)C(F)(F)F. The smallest absolute Gasteiger partial charge is 0.367 e. The quantitative estimate of drug-likeness (QED) is 0.861. The normalized spacial score (nSPS) is 14.2. The summed E-state index contributed by atoms with van der Waals surface area (Å²) in [5, 5.41) is 7.12. The highest BCUT2D eigenvalue weighted by molar-refractivity contribution is 5.78. The third-order valence-electron chi connectivity index (χ3n) is 2.30. The molecule has 1 unspecified atom stereocenters. The van der Waals surface area contributed by atoms with Gasteiger partial charge in [-0.1, -0.05) is 12.1 Å². The Bertz CT molecular complexity index is 492. The second kappa shape index (κ2) is 3.79. The Balaban J connectivity index is 2.45. The molecule has 2 rings (SSSR count). The van der Waals surface area contributed by atoms with E-state index in [2.05, 4.69) is 14.9 Å². The number of ether oxygens (including phenoxy) is 1. The van der Waals surface area contributed by atoms with Gasteiger partial charge >= 0.3 is 6.18 Å². The van der Waals surface area contributed by atoms with E-state index in [1.54, 1.807) is 12.3 Å². The summed E-state index contributed by atoms with van der Waals surface area (Å²) >= 11 is 0. The average molecular weight is 230 g/mol. The van der Waals surface area contributed by atoms with Gasteiger partial charge in [-0.25, -0.2) is 0 Å². The number of hydrogen-bond donors (Lipinski definition) is 1. The zero-order chi connectivity index (χ0) is 11.8. The van der Waals surface area contributed by atoms with E-state index in [9.17, 15) is 13.2 Å². The first-order valence-electron chi connectivity index (χ1n) is 4.55. The summed E-state index contributed by atoms with van der Waals surface area (Å²) in [7, 11) is 1.04. The van der Waals surface area contributed by atoms with Crippen LogP contribution in [0.3, 0.4) is 0 Å². The fourth-order valence-corrected chi connectivity index (χ4v) is 1.58. The lowest BCUT2D eigenvalue weighted by Crippen LogP contribution is -2.22. The Kier molecular flexibility index (Phi) is 2.59. The first kappa shape index (κ1) is 10.9. The fraction of sp³-hybridized carbons (Fsp3) is 0.300. The molecule has 1 heterocycles. The van der Waals surface area contributed by atoms with Gasteiger partial charge in [-0.05, 0) is 11.6 Å². The molecule has 0 fully saturated rings. The zero-order valence-corrected chi connectivity index (χ0v) is 8.38. The van der Waals surface area contributed by atoms with Gasteiger partial charge in [0, 0.05) is 12.5 Å². The number of aromatic amines is 1. The van der Waals surface area contributed by atoms with Gasteiger partial charge in [0.1, 0.15) is 0 Å². The molecule has 86 valence electrons. The van der Waals surface area contributed by atoms with Crippen molar-refractivity contribution in [2.45, 2.75) is 12.3 Å². The molecule has 3 nitrogen and oxygen atoms in total. The summed E-state index contributed by atoms with van der Waals surface area (Å²) in [6.45, 7) is 0. The highest BCUT2D eigenvalue weighted by atomic mass is 19.4. The van der Waals surface area contributed by atoms with E-state index in [1.807, 2.05) is 0 Å². The van der Waals surface area contributed by atoms with Gasteiger partial charge in [0.15, 0.2) is 6.10 Å². The summed E-state index contributed by atoms with van der Waals surface area (Å²) in [6.07, 6.45) is -4.77. The van der Waals surface area contributed by atoms with E-state index in [0.29, 0.717) is 5.52 Å². The lowest BCUT2D eigenvalue weighted by molar-refractivity contribution is -0.215. The van der Waals surface area contributed by atoms with Crippen molar-refractivity contribution in [1.29, 1.82) is 0 Å². The summed E-state index contributed by atoms with van der Waals surface area (Å²) in [5.74, 6) is 0. The van der Waals surface area contributed by atoms with Crippen molar-refractivity contribution in [3.05, 3.63) is 30.0 Å². The molecule has 0 spiro atoms. The van der Waals surface area contributed by atoms with E-state index >= 15 is 0 Å². The van der Waals surface area contributed by atoms with Crippen LogP contribution in [0.1, 0.15) is 11.7 Å². The van der Waals surface area contributed by atoms with Crippen LogP contribution in [0.2, 0.25) is 0 Å². The summed E-state index contributed by atoms with van der Waals surface area (Å²) < 4.78 is 42.2. The van der Waals surface area contributed by atoms with Gasteiger partial charge in [-0.2, -0.15) is 18.3 Å². The molecule has 16 heavy (non-hydrogen) atoms. The first-order chi connectivity index (χ1) is 7.52. The minimum atomic E-state index is -4.41. The molecule has 1 N–H and O–H groups in total. The van der Waals surface area contributed by atoms with E-state index in [4.69, 9.17) is 0 Å². The lowest BCUT2D eigenvalue weighted by atomic mass is 10.1. The van der Waals surface area contributed by atoms with Gasteiger partial charge in [0.05, 0.1) is 11.7 Å². The molecule has 2 aromatic rings. The van der Waals surface area contributed by atoms with Crippen LogP contribution in [0.5, 0.6) is 0 Å². The Morgan fingerprint density at radius 2 is 2.12 bits per heavy atom. The maximum absolute atomic E-state index is 12.6. The minimum Gasteiger partial charge on any atom is -0.367 e. The number of nitrogens with zero attached hydrogens (tertiary/aromatic N) is 1. The summed E-state index contributed by atoms with van der Waals surface area (Å²) in [6, 6.07) is 4.36. The highest BCUT2D eigenvalue weighted by Crippen LogP contribution is 2.35. The third kappa shape index (κ3) is 1.88. The number of H-pyrrole nitrogens is 1. The molecule has 0 saturated heterocycles. The second-order valence-corrected chi connectivity index (χ2v) is 3.37. The maximum Gasteiger partial charge on any atom is 0.418 e. The number of alkyl halides is 3. The van der Waals surface area contributed by atoms with Gasteiger partial charge in [0.2, 0.25) is 0 Å². The van der Waals surface area contributed by atoms with Crippen molar-refractivity contribution in [2.75, 3.05) is 7.11 Å². The van der Waals surface area contributed by atoms with Gasteiger partial charge in [0.25, 0.3) is 0 Å². The molecule has 0 radical (unpaired) electrons. The van der Waals surface area contributed by atoms with Crippen LogP contribution in [-0.4, -0.2) is 23.5 Å². The minimum absolute atomic E-state index is 0.0618. The molecular weight excluding hydrogens is 221 g/mol. The van der Waals surface area contributed by atoms with E-state index in [1.165, 1.54) is 12.1 Å². The monoisotopic (exact) mass is 230 g/mol. The van der Waals surface area contributed by atoms with Crippen molar-refractivity contribution in [3.63, 3.8) is 0 Å². The molecule has 1 atom stereocenters. The van der Waals surface area contributed by atoms with Crippen LogP contribution in [0.4, 0.5) is 13.2 Å². The third-order valence-corrected chi connectivity index (χ3v) is 2.30. The second-order valence-electron chi connectivity index (χ2n) is 3.37. The van der Waals surface area contributed by atoms with Crippen LogP contribution < -0.4 is 0 Å². The largest absolute Gasteiger partial charge is 0.418 e. The van der Waals surface area contributed by atoms with Crippen molar-refractivity contribution >= 4 is 10.9 Å². The molecule has 1 aromatic heterocycles. The van der Waals surface area contributed by atoms with Crippen molar-refractivity contribution in [2.24, 2.45) is 0 Å². The topological polar surface area (TPSA) is 37.9 Å². The maximum atomic E-state index is 12.6. The number of benzene rings is 1. The molecule has 0 aliphatic carbocycles. The van der Waals surface area contributed by atoms with Crippen molar-refractivity contribution < 1.29 is 17.9 Å². The van der Waals surface area contributed by atoms with Crippen LogP contribution in [0.25, 0.3) is 10.9 Å². The van der Waals surface area contributed by atoms with Crippen molar-refractivity contribution in [3.8, 4) is 0 Å². The number of hydrogen-bond acceptors (Lipinski definition) is 2. The predicted octanol–water partition coefficient (Wildman–Crippen LogP) is 2.81. The van der Waals surface area contributed by atoms with E-state index in [-0.39, 0.29) is 5.56 Å². The number of methoxy groups -OCH3 is 1. The summed E-state index contributed by atoms with van der Waals surface area (Å²) in [5.41, 5.74) is 0.621. The Morgan fingerprint density at radius 1 is 1.38 bits per heavy atom. The van der Waals surface area contributed by atoms with E-state index < -0.39 is 12.3 Å². The summed E-state index contributed by atoms with van der Waals surface area (Å²) in [4.78, 5) is 0. The van der Waals surface area contributed by atoms with Crippen LogP contribution in [0, 0.1) is 0 Å². The molecule has 0 aliphatic rings. The molecule has 6 heteroatoms. The molecule has 0 aliphatic heterocycles. The Morgan fingerprint density at radius 3 is 2.75 bits per heavy atom. The van der Waals surface area contributed by atoms with Crippen LogP contribution >= 0.6 is 0 Å². The van der Waals surface area contributed by atoms with E-state index in [0.717, 1.165) is 12.5 Å². The number of aromatic nitrogens is 2. The number of nitrogens with one attached hydrogen (secondary N) is 1. The molecule has 0 saturated carbocycles. The van der Waals surface area contributed by atoms with Crippen molar-refractivity contribution in [1.82, 2.24) is 10.2 Å². The first-order valence-corrected chi connectivity index (χ1v) is 4.55. The zero-order valence-electron chi connectivity index (χ0n) is 8.38. The lowest BCUT2D eigenvalue weighted by Gasteiger charge is -2.18. The Hall–Kier alpha value is -1.56. The average Bonchev–Trinajstić information content (AvgIpc) is 2.63. The Labute approximate surface area is 89.2 Å². The molecule has 1 aromatic carbocycles. The standard InChI is InChI=1S/C10H9F3N2O/c1-16-9(10(11,12)13)6-2-3-7-5-14-15-8(7)4-6/h2-5,9H,1H3,(H,14,15). The van der Waals surface area contributed by atoms with Crippen LogP contribution in [-0.2, 0) is 4.74 Å². The molecule has 0 amide bonds. The number of rotatable bonds is 2.